The number of nitrogens with zero attached hydrogens (tertiary/aromatic N) is 3. The summed E-state index contributed by atoms with van der Waals surface area (Å²) in [6.07, 6.45) is 0.936. The van der Waals surface area contributed by atoms with Gasteiger partial charge < -0.3 is 10.2 Å². The number of nitrogens with two attached hydrogens (primary N) is 1. The first-order valence-corrected chi connectivity index (χ1v) is 9.22. The van der Waals surface area contributed by atoms with E-state index in [-0.39, 0.29) is 5.82 Å². The second-order valence-electron chi connectivity index (χ2n) is 6.69. The van der Waals surface area contributed by atoms with Crippen molar-refractivity contribution in [3.05, 3.63) is 83.2 Å². The lowest BCUT2D eigenvalue weighted by Gasteiger charge is -2.30. The number of aromatic nitrogens is 2. The molecule has 0 atom stereocenters. The Balaban J connectivity index is 1.60. The molecule has 4 N–H and O–H groups in total. The fraction of sp³-hybridized carbons (Fsp3) is 0.190. The van der Waals surface area contributed by atoms with Gasteiger partial charge in [-0.05, 0) is 23.1 Å². The van der Waals surface area contributed by atoms with Gasteiger partial charge in [0.05, 0.1) is 0 Å². The van der Waals surface area contributed by atoms with Crippen LogP contribution in [0.25, 0.3) is 0 Å². The van der Waals surface area contributed by atoms with Crippen LogP contribution in [-0.2, 0) is 19.5 Å². The molecule has 7 heteroatoms. The van der Waals surface area contributed by atoms with Gasteiger partial charge in [0, 0.05) is 25.7 Å². The number of carbonyl (C=O) groups is 1. The highest BCUT2D eigenvalue weighted by Gasteiger charge is 2.20. The molecule has 7 nitrogen and oxygen atoms in total. The summed E-state index contributed by atoms with van der Waals surface area (Å²) < 4.78 is 0. The van der Waals surface area contributed by atoms with Crippen LogP contribution >= 0.6 is 0 Å². The molecule has 0 saturated heterocycles. The number of anilines is 2. The van der Waals surface area contributed by atoms with Crippen molar-refractivity contribution >= 4 is 17.5 Å². The van der Waals surface area contributed by atoms with Gasteiger partial charge in [-0.2, -0.15) is 0 Å². The monoisotopic (exact) mass is 374 g/mol. The van der Waals surface area contributed by atoms with E-state index < -0.39 is 5.91 Å². The molecule has 0 bridgehead atoms. The van der Waals surface area contributed by atoms with Crippen molar-refractivity contribution in [3.8, 4) is 0 Å². The number of hydrogen-bond donors (Lipinski definition) is 3. The Labute approximate surface area is 163 Å². The summed E-state index contributed by atoms with van der Waals surface area (Å²) in [6, 6.07) is 20.3. The number of carbonyl (C=O) groups excluding carboxylic acids is 1. The van der Waals surface area contributed by atoms with Crippen LogP contribution in [0.2, 0.25) is 0 Å². The van der Waals surface area contributed by atoms with Gasteiger partial charge in [-0.25, -0.2) is 15.8 Å². The third-order valence-corrected chi connectivity index (χ3v) is 4.82. The van der Waals surface area contributed by atoms with Crippen LogP contribution in [0.1, 0.15) is 27.3 Å². The highest BCUT2D eigenvalue weighted by atomic mass is 16.2. The first-order valence-electron chi connectivity index (χ1n) is 9.22. The fourth-order valence-electron chi connectivity index (χ4n) is 3.33. The Morgan fingerprint density at radius 3 is 2.57 bits per heavy atom. The van der Waals surface area contributed by atoms with E-state index in [9.17, 15) is 4.79 Å². The molecule has 1 amide bonds. The standard InChI is InChI=1S/C21H22N6O/c22-26-21(28)20-24-18(23-13-15-6-2-1-3-7-15)12-19(25-20)27-11-10-16-8-4-5-9-17(16)14-27/h1-9,12H,10-11,13-14,22H2,(H,26,28)(H,23,24,25). The lowest BCUT2D eigenvalue weighted by atomic mass is 10.00. The Kier molecular flexibility index (Phi) is 5.16. The normalized spacial score (nSPS) is 13.0. The quantitative estimate of drug-likeness (QED) is 0.360. The van der Waals surface area contributed by atoms with Crippen LogP contribution in [0, 0.1) is 0 Å². The van der Waals surface area contributed by atoms with E-state index in [0.717, 1.165) is 25.1 Å². The summed E-state index contributed by atoms with van der Waals surface area (Å²) in [4.78, 5) is 23.0. The van der Waals surface area contributed by atoms with Crippen LogP contribution in [0.3, 0.4) is 0 Å². The molecule has 1 aromatic heterocycles. The van der Waals surface area contributed by atoms with Crippen LogP contribution in [0.5, 0.6) is 0 Å². The van der Waals surface area contributed by atoms with E-state index in [0.29, 0.717) is 18.2 Å². The van der Waals surface area contributed by atoms with E-state index in [1.807, 2.05) is 42.5 Å². The predicted molar refractivity (Wildman–Crippen MR) is 109 cm³/mol. The third-order valence-electron chi connectivity index (χ3n) is 4.82. The SMILES string of the molecule is NNC(=O)c1nc(NCc2ccccc2)cc(N2CCc3ccccc3C2)n1. The molecule has 1 aliphatic rings. The first-order chi connectivity index (χ1) is 13.7. The van der Waals surface area contributed by atoms with Gasteiger partial charge in [-0.3, -0.25) is 10.2 Å². The predicted octanol–water partition coefficient (Wildman–Crippen LogP) is 2.25. The minimum Gasteiger partial charge on any atom is -0.366 e. The zero-order valence-electron chi connectivity index (χ0n) is 15.4. The Hall–Kier alpha value is -3.45. The van der Waals surface area contributed by atoms with Crippen molar-refractivity contribution in [2.75, 3.05) is 16.8 Å². The molecule has 0 unspecified atom stereocenters. The minimum atomic E-state index is -0.512. The van der Waals surface area contributed by atoms with Gasteiger partial charge in [0.2, 0.25) is 5.82 Å². The molecular formula is C21H22N6O. The molecule has 4 rings (SSSR count). The second-order valence-corrected chi connectivity index (χ2v) is 6.69. The maximum Gasteiger partial charge on any atom is 0.303 e. The molecule has 0 fully saturated rings. The van der Waals surface area contributed by atoms with Crippen LogP contribution in [0.4, 0.5) is 11.6 Å². The number of nitrogens with one attached hydrogen (secondary N) is 2. The lowest BCUT2D eigenvalue weighted by Crippen LogP contribution is -2.34. The summed E-state index contributed by atoms with van der Waals surface area (Å²) >= 11 is 0. The van der Waals surface area contributed by atoms with Crippen LogP contribution in [-0.4, -0.2) is 22.4 Å². The van der Waals surface area contributed by atoms with Gasteiger partial charge in [0.15, 0.2) is 0 Å². The Morgan fingerprint density at radius 2 is 1.79 bits per heavy atom. The number of amides is 1. The van der Waals surface area contributed by atoms with Crippen molar-refractivity contribution in [2.45, 2.75) is 19.5 Å². The molecular weight excluding hydrogens is 352 g/mol. The van der Waals surface area contributed by atoms with Crippen molar-refractivity contribution in [1.29, 1.82) is 0 Å². The minimum absolute atomic E-state index is 0.0504. The topological polar surface area (TPSA) is 96.2 Å². The second kappa shape index (κ2) is 8.06. The van der Waals surface area contributed by atoms with E-state index >= 15 is 0 Å². The van der Waals surface area contributed by atoms with E-state index in [4.69, 9.17) is 5.84 Å². The van der Waals surface area contributed by atoms with Gasteiger partial charge in [-0.1, -0.05) is 54.6 Å². The van der Waals surface area contributed by atoms with Gasteiger partial charge in [0.1, 0.15) is 11.6 Å². The molecule has 2 aromatic carbocycles. The molecule has 1 aliphatic heterocycles. The Morgan fingerprint density at radius 1 is 1.04 bits per heavy atom. The highest BCUT2D eigenvalue weighted by molar-refractivity contribution is 5.90. The summed E-state index contributed by atoms with van der Waals surface area (Å²) in [6.45, 7) is 2.18. The molecule has 0 radical (unpaired) electrons. The maximum absolute atomic E-state index is 12.1. The van der Waals surface area contributed by atoms with Crippen LogP contribution < -0.4 is 21.5 Å². The third kappa shape index (κ3) is 3.94. The van der Waals surface area contributed by atoms with Crippen molar-refractivity contribution in [3.63, 3.8) is 0 Å². The molecule has 0 saturated carbocycles. The zero-order valence-corrected chi connectivity index (χ0v) is 15.4. The molecule has 28 heavy (non-hydrogen) atoms. The average molecular weight is 374 g/mol. The summed E-state index contributed by atoms with van der Waals surface area (Å²) in [5.74, 6) is 6.13. The molecule has 0 spiro atoms. The van der Waals surface area contributed by atoms with Crippen molar-refractivity contribution < 1.29 is 4.79 Å². The molecule has 2 heterocycles. The smallest absolute Gasteiger partial charge is 0.303 e. The summed E-state index contributed by atoms with van der Waals surface area (Å²) in [7, 11) is 0. The van der Waals surface area contributed by atoms with E-state index in [1.165, 1.54) is 11.1 Å². The number of nitrogen functional groups attached to an aromatic ring is 1. The van der Waals surface area contributed by atoms with E-state index in [1.54, 1.807) is 0 Å². The first kappa shape index (κ1) is 17.9. The maximum atomic E-state index is 12.1. The van der Waals surface area contributed by atoms with E-state index in [2.05, 4.69) is 43.8 Å². The Bertz CT molecular complexity index is 976. The number of hydrogen-bond acceptors (Lipinski definition) is 6. The van der Waals surface area contributed by atoms with Crippen molar-refractivity contribution in [1.82, 2.24) is 15.4 Å². The summed E-state index contributed by atoms with van der Waals surface area (Å²) in [5, 5.41) is 3.28. The molecule has 142 valence electrons. The lowest BCUT2D eigenvalue weighted by molar-refractivity contribution is 0.0943. The molecule has 3 aromatic rings. The molecule has 0 aliphatic carbocycles. The van der Waals surface area contributed by atoms with Crippen LogP contribution in [0.15, 0.2) is 60.7 Å². The highest BCUT2D eigenvalue weighted by Crippen LogP contribution is 2.24. The number of hydrazine groups is 1. The zero-order chi connectivity index (χ0) is 19.3. The average Bonchev–Trinajstić information content (AvgIpc) is 2.77. The van der Waals surface area contributed by atoms with Crippen molar-refractivity contribution in [2.24, 2.45) is 5.84 Å². The van der Waals surface area contributed by atoms with Gasteiger partial charge >= 0.3 is 5.91 Å². The summed E-state index contributed by atoms with van der Waals surface area (Å²) in [5.41, 5.74) is 5.87. The fourth-order valence-corrected chi connectivity index (χ4v) is 3.33. The van der Waals surface area contributed by atoms with Gasteiger partial charge in [-0.15, -0.1) is 0 Å². The number of fused-ring (bicyclic) bond motifs is 1. The number of benzene rings is 2. The largest absolute Gasteiger partial charge is 0.366 e. The van der Waals surface area contributed by atoms with Gasteiger partial charge in [0.25, 0.3) is 0 Å². The number of rotatable bonds is 5.